The van der Waals surface area contributed by atoms with E-state index in [1.165, 1.54) is 30.2 Å². The third kappa shape index (κ3) is 5.26. The number of carbonyl (C=O) groups excluding carboxylic acids is 3. The fourth-order valence-electron chi connectivity index (χ4n) is 3.04. The van der Waals surface area contributed by atoms with Gasteiger partial charge in [-0.25, -0.2) is 14.3 Å². The van der Waals surface area contributed by atoms with E-state index >= 15 is 0 Å². The van der Waals surface area contributed by atoms with Crippen LogP contribution in [0, 0.1) is 13.8 Å². The number of hydrogen-bond donors (Lipinski definition) is 1. The summed E-state index contributed by atoms with van der Waals surface area (Å²) in [7, 11) is 0. The second-order valence-electron chi connectivity index (χ2n) is 7.02. The summed E-state index contributed by atoms with van der Waals surface area (Å²) in [5.41, 5.74) is 2.78. The van der Waals surface area contributed by atoms with Gasteiger partial charge in [0, 0.05) is 17.1 Å². The monoisotopic (exact) mass is 465 g/mol. The Morgan fingerprint density at radius 2 is 1.94 bits per heavy atom. The predicted molar refractivity (Wildman–Crippen MR) is 118 cm³/mol. The summed E-state index contributed by atoms with van der Waals surface area (Å²) < 4.78 is 11.7. The molecule has 0 radical (unpaired) electrons. The molecule has 4 rings (SSSR count). The van der Waals surface area contributed by atoms with Gasteiger partial charge in [-0.1, -0.05) is 30.0 Å². The van der Waals surface area contributed by atoms with Crippen LogP contribution >= 0.6 is 11.8 Å². The fraction of sp³-hybridized carbons (Fsp3) is 0.182. The molecule has 3 aromatic heterocycles. The molecule has 0 spiro atoms. The summed E-state index contributed by atoms with van der Waals surface area (Å²) in [5, 5.41) is 7.07. The van der Waals surface area contributed by atoms with Crippen molar-refractivity contribution < 1.29 is 23.5 Å². The molecule has 0 saturated carbocycles. The lowest BCUT2D eigenvalue weighted by Gasteiger charge is -2.08. The van der Waals surface area contributed by atoms with E-state index in [9.17, 15) is 14.4 Å². The number of benzene rings is 1. The molecule has 0 aliphatic heterocycles. The van der Waals surface area contributed by atoms with Gasteiger partial charge in [0.2, 0.25) is 5.16 Å². The van der Waals surface area contributed by atoms with Crippen molar-refractivity contribution in [1.29, 1.82) is 0 Å². The fourth-order valence-corrected chi connectivity index (χ4v) is 3.86. The zero-order valence-corrected chi connectivity index (χ0v) is 18.6. The Morgan fingerprint density at radius 1 is 1.12 bits per heavy atom. The van der Waals surface area contributed by atoms with Crippen molar-refractivity contribution in [3.8, 4) is 0 Å². The summed E-state index contributed by atoms with van der Waals surface area (Å²) in [4.78, 5) is 45.1. The highest BCUT2D eigenvalue weighted by atomic mass is 32.2. The number of ether oxygens (including phenoxy) is 1. The minimum absolute atomic E-state index is 0.0156. The number of nitrogens with zero attached hydrogens (tertiary/aromatic N) is 4. The highest BCUT2D eigenvalue weighted by molar-refractivity contribution is 7.98. The Bertz CT molecular complexity index is 1330. The molecule has 0 saturated heterocycles. The Kier molecular flexibility index (Phi) is 6.50. The van der Waals surface area contributed by atoms with Crippen molar-refractivity contribution in [2.24, 2.45) is 0 Å². The first-order chi connectivity index (χ1) is 15.9. The summed E-state index contributed by atoms with van der Waals surface area (Å²) in [6.45, 7) is 3.21. The number of rotatable bonds is 7. The molecule has 4 aromatic rings. The molecule has 0 fully saturated rings. The number of amides is 2. The molecule has 11 heteroatoms. The number of aryl methyl sites for hydroxylation is 2. The van der Waals surface area contributed by atoms with Crippen molar-refractivity contribution in [3.05, 3.63) is 77.0 Å². The first-order valence-corrected chi connectivity index (χ1v) is 10.9. The van der Waals surface area contributed by atoms with Crippen LogP contribution in [0.25, 0.3) is 5.78 Å². The van der Waals surface area contributed by atoms with Gasteiger partial charge in [-0.2, -0.15) is 4.98 Å². The van der Waals surface area contributed by atoms with Gasteiger partial charge in [0.05, 0.1) is 11.8 Å². The van der Waals surface area contributed by atoms with E-state index in [0.717, 1.165) is 11.4 Å². The lowest BCUT2D eigenvalue weighted by atomic mass is 10.1. The van der Waals surface area contributed by atoms with Crippen LogP contribution in [0.1, 0.15) is 37.9 Å². The molecule has 168 valence electrons. The van der Waals surface area contributed by atoms with E-state index in [-0.39, 0.29) is 5.76 Å². The van der Waals surface area contributed by atoms with Crippen molar-refractivity contribution in [3.63, 3.8) is 0 Å². The average molecular weight is 465 g/mol. The third-order valence-corrected chi connectivity index (χ3v) is 5.41. The number of nitrogens with one attached hydrogen (secondary N) is 1. The molecule has 1 N–H and O–H groups in total. The Hall–Kier alpha value is -3.99. The maximum atomic E-state index is 12.6. The van der Waals surface area contributed by atoms with Gasteiger partial charge in [0.25, 0.3) is 17.6 Å². The molecule has 1 aromatic carbocycles. The Balaban J connectivity index is 1.37. The molecule has 10 nitrogen and oxygen atoms in total. The third-order valence-electron chi connectivity index (χ3n) is 4.53. The van der Waals surface area contributed by atoms with Crippen LogP contribution < -0.4 is 5.32 Å². The Morgan fingerprint density at radius 3 is 2.73 bits per heavy atom. The number of hydrogen-bond acceptors (Lipinski definition) is 9. The molecule has 0 unspecified atom stereocenters. The zero-order valence-electron chi connectivity index (χ0n) is 17.8. The molecule has 0 aliphatic rings. The molecule has 0 aliphatic carbocycles. The number of carbonyl (C=O) groups is 3. The Labute approximate surface area is 192 Å². The number of esters is 1. The number of furan rings is 1. The van der Waals surface area contributed by atoms with Crippen LogP contribution in [0.15, 0.2) is 58.3 Å². The molecule has 2 amide bonds. The van der Waals surface area contributed by atoms with Gasteiger partial charge in [-0.05, 0) is 43.7 Å². The van der Waals surface area contributed by atoms with E-state index < -0.39 is 24.4 Å². The molecule has 0 bridgehead atoms. The van der Waals surface area contributed by atoms with Crippen LogP contribution in [-0.4, -0.2) is 44.0 Å². The van der Waals surface area contributed by atoms with Gasteiger partial charge >= 0.3 is 5.97 Å². The molecule has 33 heavy (non-hydrogen) atoms. The molecule has 3 heterocycles. The highest BCUT2D eigenvalue weighted by Crippen LogP contribution is 2.23. The second-order valence-corrected chi connectivity index (χ2v) is 7.96. The summed E-state index contributed by atoms with van der Waals surface area (Å²) in [6, 6.07) is 11.7. The van der Waals surface area contributed by atoms with E-state index in [2.05, 4.69) is 20.4 Å². The van der Waals surface area contributed by atoms with Gasteiger partial charge in [0.1, 0.15) is 0 Å². The van der Waals surface area contributed by atoms with Crippen LogP contribution in [-0.2, 0) is 15.3 Å². The van der Waals surface area contributed by atoms with Crippen LogP contribution in [0.5, 0.6) is 0 Å². The molecule has 0 atom stereocenters. The van der Waals surface area contributed by atoms with Crippen LogP contribution in [0.4, 0.5) is 0 Å². The van der Waals surface area contributed by atoms with Gasteiger partial charge < -0.3 is 9.15 Å². The van der Waals surface area contributed by atoms with E-state index in [4.69, 9.17) is 9.15 Å². The van der Waals surface area contributed by atoms with Gasteiger partial charge in [-0.15, -0.1) is 5.10 Å². The largest absolute Gasteiger partial charge is 0.459 e. The lowest BCUT2D eigenvalue weighted by molar-refractivity contribution is -0.123. The average Bonchev–Trinajstić information content (AvgIpc) is 3.46. The van der Waals surface area contributed by atoms with Crippen molar-refractivity contribution in [2.75, 3.05) is 6.61 Å². The maximum Gasteiger partial charge on any atom is 0.338 e. The normalized spacial score (nSPS) is 10.8. The number of fused-ring (bicyclic) bond motifs is 1. The first-order valence-electron chi connectivity index (χ1n) is 9.87. The van der Waals surface area contributed by atoms with Crippen molar-refractivity contribution >= 4 is 35.3 Å². The first kappa shape index (κ1) is 22.2. The van der Waals surface area contributed by atoms with E-state index in [0.29, 0.717) is 27.8 Å². The number of aromatic nitrogens is 4. The summed E-state index contributed by atoms with van der Waals surface area (Å²) >= 11 is 1.35. The summed E-state index contributed by atoms with van der Waals surface area (Å²) in [6.07, 6.45) is 1.31. The predicted octanol–water partition coefficient (Wildman–Crippen LogP) is 2.74. The second kappa shape index (κ2) is 9.65. The summed E-state index contributed by atoms with van der Waals surface area (Å²) in [5.74, 6) is -1.25. The SMILES string of the molecule is Cc1cc(C)n2nc(SCc3ccccc3C(=O)OCC(=O)NC(=O)c3ccco3)nc2n1. The van der Waals surface area contributed by atoms with Crippen molar-refractivity contribution in [1.82, 2.24) is 24.9 Å². The van der Waals surface area contributed by atoms with Crippen LogP contribution in [0.3, 0.4) is 0 Å². The molecular formula is C22H19N5O5S. The molecular weight excluding hydrogens is 446 g/mol. The van der Waals surface area contributed by atoms with Crippen LogP contribution in [0.2, 0.25) is 0 Å². The van der Waals surface area contributed by atoms with E-state index in [1.807, 2.05) is 19.9 Å². The van der Waals surface area contributed by atoms with Crippen molar-refractivity contribution in [2.45, 2.75) is 24.8 Å². The smallest absolute Gasteiger partial charge is 0.338 e. The number of thioether (sulfide) groups is 1. The minimum Gasteiger partial charge on any atom is -0.459 e. The quantitative estimate of drug-likeness (QED) is 0.323. The highest BCUT2D eigenvalue weighted by Gasteiger charge is 2.18. The van der Waals surface area contributed by atoms with Gasteiger partial charge in [-0.3, -0.25) is 14.9 Å². The topological polar surface area (TPSA) is 129 Å². The maximum absolute atomic E-state index is 12.6. The van der Waals surface area contributed by atoms with E-state index in [1.54, 1.807) is 28.8 Å². The van der Waals surface area contributed by atoms with Gasteiger partial charge in [0.15, 0.2) is 12.4 Å². The lowest BCUT2D eigenvalue weighted by Crippen LogP contribution is -2.34. The number of imide groups is 1. The standard InChI is InChI=1S/C22H19N5O5S/c1-13-10-14(2)27-21(23-13)25-22(26-27)33-12-15-6-3-4-7-16(15)20(30)32-11-18(28)24-19(29)17-8-5-9-31-17/h3-10H,11-12H2,1-2H3,(H,24,28,29). The minimum atomic E-state index is -0.760. The zero-order chi connectivity index (χ0) is 23.4.